The van der Waals surface area contributed by atoms with Crippen molar-refractivity contribution in [3.05, 3.63) is 29.3 Å². The number of alkyl halides is 3. The number of halogens is 3. The average Bonchev–Trinajstić information content (AvgIpc) is 2.42. The number of anilines is 1. The summed E-state index contributed by atoms with van der Waals surface area (Å²) in [5.41, 5.74) is 0.489. The van der Waals surface area contributed by atoms with E-state index < -0.39 is 23.3 Å². The molecule has 0 saturated carbocycles. The lowest BCUT2D eigenvalue weighted by atomic mass is 10.0. The van der Waals surface area contributed by atoms with Gasteiger partial charge in [-0.3, -0.25) is 10.6 Å². The van der Waals surface area contributed by atoms with Crippen LogP contribution in [0.5, 0.6) is 0 Å². The highest BCUT2D eigenvalue weighted by Gasteiger charge is 2.35. The molecule has 112 valence electrons. The number of nitrogens with two attached hydrogens (primary N) is 1. The van der Waals surface area contributed by atoms with Crippen molar-refractivity contribution in [3.8, 4) is 0 Å². The number of benzene rings is 1. The standard InChI is InChI=1S/C13H18F3N3O/c1-3-8(4-2)18-12(20)9-6-5-7-10(11(9)19-17)13(14,15)16/h5-8,19H,3-4,17H2,1-2H3,(H,18,20). The lowest BCUT2D eigenvalue weighted by Gasteiger charge is -2.19. The van der Waals surface area contributed by atoms with E-state index in [-0.39, 0.29) is 11.6 Å². The van der Waals surface area contributed by atoms with Crippen molar-refractivity contribution in [3.63, 3.8) is 0 Å². The summed E-state index contributed by atoms with van der Waals surface area (Å²) >= 11 is 0. The van der Waals surface area contributed by atoms with Gasteiger partial charge in [-0.15, -0.1) is 0 Å². The minimum atomic E-state index is -4.58. The minimum absolute atomic E-state index is 0.0809. The molecular weight excluding hydrogens is 271 g/mol. The first-order valence-corrected chi connectivity index (χ1v) is 6.32. The Balaban J connectivity index is 3.15. The summed E-state index contributed by atoms with van der Waals surface area (Å²) in [6, 6.07) is 3.29. The van der Waals surface area contributed by atoms with Crippen molar-refractivity contribution in [2.45, 2.75) is 38.9 Å². The SMILES string of the molecule is CCC(CC)NC(=O)c1cccc(C(F)(F)F)c1NN. The third-order valence-corrected chi connectivity index (χ3v) is 3.08. The fraction of sp³-hybridized carbons (Fsp3) is 0.462. The molecule has 4 nitrogen and oxygen atoms in total. The predicted molar refractivity (Wildman–Crippen MR) is 71.1 cm³/mol. The van der Waals surface area contributed by atoms with Crippen LogP contribution in [0.1, 0.15) is 42.6 Å². The summed E-state index contributed by atoms with van der Waals surface area (Å²) in [4.78, 5) is 12.1. The molecule has 4 N–H and O–H groups in total. The van der Waals surface area contributed by atoms with Gasteiger partial charge in [-0.2, -0.15) is 13.2 Å². The summed E-state index contributed by atoms with van der Waals surface area (Å²) < 4.78 is 38.5. The predicted octanol–water partition coefficient (Wildman–Crippen LogP) is 2.91. The van der Waals surface area contributed by atoms with Crippen molar-refractivity contribution in [2.24, 2.45) is 5.84 Å². The molecule has 0 aliphatic heterocycles. The van der Waals surface area contributed by atoms with Crippen LogP contribution in [0.15, 0.2) is 18.2 Å². The monoisotopic (exact) mass is 289 g/mol. The van der Waals surface area contributed by atoms with Gasteiger partial charge in [0.1, 0.15) is 0 Å². The molecular formula is C13H18F3N3O. The van der Waals surface area contributed by atoms with Crippen molar-refractivity contribution < 1.29 is 18.0 Å². The van der Waals surface area contributed by atoms with Gasteiger partial charge in [0.05, 0.1) is 16.8 Å². The Morgan fingerprint density at radius 3 is 2.35 bits per heavy atom. The van der Waals surface area contributed by atoms with Gasteiger partial charge in [0.15, 0.2) is 0 Å². The fourth-order valence-corrected chi connectivity index (χ4v) is 1.89. The lowest BCUT2D eigenvalue weighted by Crippen LogP contribution is -2.34. The van der Waals surface area contributed by atoms with Crippen LogP contribution in [0, 0.1) is 0 Å². The van der Waals surface area contributed by atoms with Crippen LogP contribution in [0.3, 0.4) is 0 Å². The molecule has 1 rings (SSSR count). The normalized spacial score (nSPS) is 11.6. The summed E-state index contributed by atoms with van der Waals surface area (Å²) in [6.07, 6.45) is -3.17. The third kappa shape index (κ3) is 3.63. The van der Waals surface area contributed by atoms with Gasteiger partial charge >= 0.3 is 6.18 Å². The highest BCUT2D eigenvalue weighted by Crippen LogP contribution is 2.36. The maximum Gasteiger partial charge on any atom is 0.418 e. The van der Waals surface area contributed by atoms with E-state index in [0.29, 0.717) is 12.8 Å². The number of amides is 1. The molecule has 0 radical (unpaired) electrons. The van der Waals surface area contributed by atoms with E-state index in [9.17, 15) is 18.0 Å². The highest BCUT2D eigenvalue weighted by molar-refractivity contribution is 6.00. The van der Waals surface area contributed by atoms with Crippen molar-refractivity contribution in [2.75, 3.05) is 5.43 Å². The van der Waals surface area contributed by atoms with Gasteiger partial charge in [-0.1, -0.05) is 19.9 Å². The zero-order chi connectivity index (χ0) is 15.3. The van der Waals surface area contributed by atoms with E-state index in [2.05, 4.69) is 5.32 Å². The Labute approximate surface area is 115 Å². The smallest absolute Gasteiger partial charge is 0.349 e. The number of hydrazine groups is 1. The molecule has 0 unspecified atom stereocenters. The summed E-state index contributed by atoms with van der Waals surface area (Å²) in [7, 11) is 0. The third-order valence-electron chi connectivity index (χ3n) is 3.08. The first-order chi connectivity index (χ1) is 9.35. The highest BCUT2D eigenvalue weighted by atomic mass is 19.4. The molecule has 0 aliphatic carbocycles. The van der Waals surface area contributed by atoms with Gasteiger partial charge in [0.2, 0.25) is 0 Å². The van der Waals surface area contributed by atoms with Crippen molar-refractivity contribution >= 4 is 11.6 Å². The number of para-hydroxylation sites is 1. The van der Waals surface area contributed by atoms with Crippen LogP contribution >= 0.6 is 0 Å². The molecule has 1 aromatic rings. The largest absolute Gasteiger partial charge is 0.418 e. The summed E-state index contributed by atoms with van der Waals surface area (Å²) in [5, 5.41) is 2.68. The molecule has 7 heteroatoms. The average molecular weight is 289 g/mol. The fourth-order valence-electron chi connectivity index (χ4n) is 1.89. The number of rotatable bonds is 5. The second-order valence-electron chi connectivity index (χ2n) is 4.36. The number of carbonyl (C=O) groups excluding carboxylic acids is 1. The Morgan fingerprint density at radius 1 is 1.30 bits per heavy atom. The van der Waals surface area contributed by atoms with Crippen LogP contribution in [-0.2, 0) is 6.18 Å². The number of nitrogen functional groups attached to an aromatic ring is 1. The van der Waals surface area contributed by atoms with Crippen molar-refractivity contribution in [1.82, 2.24) is 5.32 Å². The first-order valence-electron chi connectivity index (χ1n) is 6.32. The second kappa shape index (κ2) is 6.60. The molecule has 1 aromatic carbocycles. The number of carbonyl (C=O) groups is 1. The molecule has 1 amide bonds. The molecule has 0 saturated heterocycles. The Kier molecular flexibility index (Phi) is 5.38. The first kappa shape index (κ1) is 16.3. The van der Waals surface area contributed by atoms with Crippen molar-refractivity contribution in [1.29, 1.82) is 0 Å². The quantitative estimate of drug-likeness (QED) is 0.577. The maximum absolute atomic E-state index is 12.8. The van der Waals surface area contributed by atoms with Gasteiger partial charge < -0.3 is 10.7 Å². The van der Waals surface area contributed by atoms with Gasteiger partial charge in [-0.25, -0.2) is 0 Å². The molecule has 0 aromatic heterocycles. The molecule has 0 bridgehead atoms. The van der Waals surface area contributed by atoms with E-state index in [0.717, 1.165) is 6.07 Å². The zero-order valence-corrected chi connectivity index (χ0v) is 11.3. The van der Waals surface area contributed by atoms with E-state index >= 15 is 0 Å². The number of hydrogen-bond acceptors (Lipinski definition) is 3. The topological polar surface area (TPSA) is 67.2 Å². The van der Waals surface area contributed by atoms with Crippen LogP contribution < -0.4 is 16.6 Å². The Hall–Kier alpha value is -1.76. The van der Waals surface area contributed by atoms with Crippen LogP contribution in [0.2, 0.25) is 0 Å². The molecule has 0 aliphatic rings. The van der Waals surface area contributed by atoms with Gasteiger partial charge in [-0.05, 0) is 25.0 Å². The summed E-state index contributed by atoms with van der Waals surface area (Å²) in [5.74, 6) is 4.58. The summed E-state index contributed by atoms with van der Waals surface area (Å²) in [6.45, 7) is 3.78. The maximum atomic E-state index is 12.8. The Morgan fingerprint density at radius 2 is 1.90 bits per heavy atom. The van der Waals surface area contributed by atoms with Gasteiger partial charge in [0, 0.05) is 6.04 Å². The molecule has 0 spiro atoms. The van der Waals surface area contributed by atoms with E-state index in [1.807, 2.05) is 19.3 Å². The van der Waals surface area contributed by atoms with Crippen LogP contribution in [0.25, 0.3) is 0 Å². The van der Waals surface area contributed by atoms with E-state index in [1.54, 1.807) is 0 Å². The molecule has 0 atom stereocenters. The molecule has 0 fully saturated rings. The molecule has 20 heavy (non-hydrogen) atoms. The molecule has 0 heterocycles. The minimum Gasteiger partial charge on any atom is -0.349 e. The number of nitrogens with one attached hydrogen (secondary N) is 2. The zero-order valence-electron chi connectivity index (χ0n) is 11.3. The van der Waals surface area contributed by atoms with E-state index in [4.69, 9.17) is 5.84 Å². The van der Waals surface area contributed by atoms with Crippen LogP contribution in [-0.4, -0.2) is 11.9 Å². The second-order valence-corrected chi connectivity index (χ2v) is 4.36. The lowest BCUT2D eigenvalue weighted by molar-refractivity contribution is -0.137. The van der Waals surface area contributed by atoms with E-state index in [1.165, 1.54) is 12.1 Å². The van der Waals surface area contributed by atoms with Crippen LogP contribution in [0.4, 0.5) is 18.9 Å². The number of hydrogen-bond donors (Lipinski definition) is 3. The van der Waals surface area contributed by atoms with Gasteiger partial charge in [0.25, 0.3) is 5.91 Å². The Bertz CT molecular complexity index is 470.